The number of rotatable bonds is 3. The Morgan fingerprint density at radius 2 is 1.81 bits per heavy atom. The largest absolute Gasteiger partial charge is 0.416 e. The Labute approximate surface area is 138 Å². The molecule has 0 spiro atoms. The summed E-state index contributed by atoms with van der Waals surface area (Å²) in [6, 6.07) is 7.07. The van der Waals surface area contributed by atoms with E-state index in [-0.39, 0.29) is 11.6 Å². The second-order valence-electron chi connectivity index (χ2n) is 4.12. The van der Waals surface area contributed by atoms with Crippen molar-refractivity contribution in [1.82, 2.24) is 4.98 Å². The van der Waals surface area contributed by atoms with Crippen LogP contribution in [0.25, 0.3) is 0 Å². The minimum atomic E-state index is -4.44. The van der Waals surface area contributed by atoms with Crippen LogP contribution in [0.3, 0.4) is 0 Å². The van der Waals surface area contributed by atoms with Gasteiger partial charge in [0.2, 0.25) is 0 Å². The van der Waals surface area contributed by atoms with Gasteiger partial charge in [0.15, 0.2) is 0 Å². The summed E-state index contributed by atoms with van der Waals surface area (Å²) >= 11 is 8.14. The topological polar surface area (TPSA) is 37.0 Å². The van der Waals surface area contributed by atoms with E-state index in [9.17, 15) is 13.2 Å². The Hall–Kier alpha value is -1.22. The number of hydrogen-bond donors (Lipinski definition) is 2. The molecule has 0 saturated carbocycles. The lowest BCUT2D eigenvalue weighted by Gasteiger charge is -2.13. The molecule has 0 aliphatic rings. The minimum Gasteiger partial charge on any atom is -0.373 e. The van der Waals surface area contributed by atoms with Crippen molar-refractivity contribution >= 4 is 51.5 Å². The van der Waals surface area contributed by atoms with Crippen LogP contribution in [-0.4, -0.2) is 12.0 Å². The van der Waals surface area contributed by atoms with Gasteiger partial charge in [0.05, 0.1) is 16.3 Å². The fourth-order valence-electron chi connectivity index (χ4n) is 1.62. The van der Waals surface area contributed by atoms with Gasteiger partial charge in [0, 0.05) is 10.6 Å². The van der Waals surface area contributed by atoms with Gasteiger partial charge in [-0.2, -0.15) is 13.2 Å². The molecular weight excluding hydrogens is 418 g/mol. The summed E-state index contributed by atoms with van der Waals surface area (Å²) in [6.07, 6.45) is -4.44. The smallest absolute Gasteiger partial charge is 0.373 e. The van der Waals surface area contributed by atoms with Crippen LogP contribution in [0, 0.1) is 3.57 Å². The van der Waals surface area contributed by atoms with Crippen molar-refractivity contribution in [1.29, 1.82) is 0 Å². The summed E-state index contributed by atoms with van der Waals surface area (Å²) in [5.41, 5.74) is -0.294. The third-order valence-electron chi connectivity index (χ3n) is 2.60. The van der Waals surface area contributed by atoms with Gasteiger partial charge in [0.25, 0.3) is 0 Å². The molecule has 2 aromatic rings. The average Bonchev–Trinajstić information content (AvgIpc) is 2.40. The highest BCUT2D eigenvalue weighted by atomic mass is 127. The van der Waals surface area contributed by atoms with E-state index in [1.807, 2.05) is 0 Å². The van der Waals surface area contributed by atoms with Gasteiger partial charge in [-0.25, -0.2) is 4.98 Å². The SMILES string of the molecule is CNc1cc(C(F)(F)F)cc(Nc2ccc(I)cc2Cl)n1. The number of alkyl halides is 3. The van der Waals surface area contributed by atoms with Crippen molar-refractivity contribution in [3.63, 3.8) is 0 Å². The molecule has 0 aliphatic heterocycles. The molecule has 21 heavy (non-hydrogen) atoms. The van der Waals surface area contributed by atoms with Crippen molar-refractivity contribution in [2.45, 2.75) is 6.18 Å². The number of benzene rings is 1. The van der Waals surface area contributed by atoms with Crippen molar-refractivity contribution in [2.75, 3.05) is 17.7 Å². The zero-order chi connectivity index (χ0) is 15.6. The fraction of sp³-hybridized carbons (Fsp3) is 0.154. The lowest BCUT2D eigenvalue weighted by Crippen LogP contribution is -2.08. The Kier molecular flexibility index (Phi) is 4.82. The molecule has 1 heterocycles. The number of aromatic nitrogens is 1. The lowest BCUT2D eigenvalue weighted by molar-refractivity contribution is -0.137. The molecule has 0 atom stereocenters. The maximum atomic E-state index is 12.8. The summed E-state index contributed by atoms with van der Waals surface area (Å²) in [5, 5.41) is 5.81. The summed E-state index contributed by atoms with van der Waals surface area (Å²) in [5.74, 6) is 0.186. The van der Waals surface area contributed by atoms with Gasteiger partial charge in [0.1, 0.15) is 11.6 Å². The summed E-state index contributed by atoms with van der Waals surface area (Å²) in [6.45, 7) is 0. The van der Waals surface area contributed by atoms with Crippen LogP contribution in [-0.2, 0) is 6.18 Å². The zero-order valence-corrected chi connectivity index (χ0v) is 13.6. The van der Waals surface area contributed by atoms with Crippen molar-refractivity contribution in [3.8, 4) is 0 Å². The van der Waals surface area contributed by atoms with Crippen LogP contribution >= 0.6 is 34.2 Å². The summed E-state index contributed by atoms with van der Waals surface area (Å²) < 4.78 is 39.5. The summed E-state index contributed by atoms with van der Waals surface area (Å²) in [7, 11) is 1.50. The molecule has 2 N–H and O–H groups in total. The molecule has 1 aromatic carbocycles. The van der Waals surface area contributed by atoms with E-state index in [0.29, 0.717) is 10.7 Å². The fourth-order valence-corrected chi connectivity index (χ4v) is 2.52. The van der Waals surface area contributed by atoms with E-state index in [0.717, 1.165) is 15.7 Å². The van der Waals surface area contributed by atoms with Gasteiger partial charge in [-0.15, -0.1) is 0 Å². The number of halogens is 5. The van der Waals surface area contributed by atoms with Crippen molar-refractivity contribution < 1.29 is 13.2 Å². The second-order valence-corrected chi connectivity index (χ2v) is 5.78. The molecule has 0 radical (unpaired) electrons. The molecular formula is C13H10ClF3IN3. The van der Waals surface area contributed by atoms with Gasteiger partial charge in [-0.05, 0) is 52.9 Å². The first-order valence-corrected chi connectivity index (χ1v) is 7.24. The highest BCUT2D eigenvalue weighted by molar-refractivity contribution is 14.1. The van der Waals surface area contributed by atoms with Crippen LogP contribution in [0.15, 0.2) is 30.3 Å². The molecule has 3 nitrogen and oxygen atoms in total. The molecule has 0 aliphatic carbocycles. The van der Waals surface area contributed by atoms with Crippen LogP contribution in [0.4, 0.5) is 30.5 Å². The van der Waals surface area contributed by atoms with Crippen molar-refractivity contribution in [2.24, 2.45) is 0 Å². The van der Waals surface area contributed by atoms with Gasteiger partial charge < -0.3 is 10.6 Å². The first kappa shape index (κ1) is 16.2. The van der Waals surface area contributed by atoms with Crippen molar-refractivity contribution in [3.05, 3.63) is 44.5 Å². The lowest BCUT2D eigenvalue weighted by atomic mass is 10.2. The van der Waals surface area contributed by atoms with E-state index in [1.54, 1.807) is 18.2 Å². The first-order chi connectivity index (χ1) is 9.79. The van der Waals surface area contributed by atoms with Crippen LogP contribution in [0.2, 0.25) is 5.02 Å². The average molecular weight is 428 g/mol. The van der Waals surface area contributed by atoms with Crippen LogP contribution in [0.1, 0.15) is 5.56 Å². The molecule has 8 heteroatoms. The molecule has 0 saturated heterocycles. The second kappa shape index (κ2) is 6.27. The van der Waals surface area contributed by atoms with Gasteiger partial charge in [-0.1, -0.05) is 11.6 Å². The maximum Gasteiger partial charge on any atom is 0.416 e. The first-order valence-electron chi connectivity index (χ1n) is 5.78. The molecule has 2 rings (SSSR count). The number of anilines is 3. The summed E-state index contributed by atoms with van der Waals surface area (Å²) in [4.78, 5) is 4.04. The highest BCUT2D eigenvalue weighted by Crippen LogP contribution is 2.33. The van der Waals surface area contributed by atoms with E-state index >= 15 is 0 Å². The molecule has 0 unspecified atom stereocenters. The van der Waals surface area contributed by atoms with E-state index in [4.69, 9.17) is 11.6 Å². The Balaban J connectivity index is 2.39. The van der Waals surface area contributed by atoms with E-state index in [2.05, 4.69) is 38.2 Å². The molecule has 0 fully saturated rings. The third-order valence-corrected chi connectivity index (χ3v) is 3.59. The minimum absolute atomic E-state index is 0.0669. The predicted molar refractivity (Wildman–Crippen MR) is 86.2 cm³/mol. The number of hydrogen-bond acceptors (Lipinski definition) is 3. The Bertz CT molecular complexity index is 662. The van der Waals surface area contributed by atoms with Crippen LogP contribution in [0.5, 0.6) is 0 Å². The monoisotopic (exact) mass is 427 g/mol. The molecule has 1 aromatic heterocycles. The number of pyridine rings is 1. The maximum absolute atomic E-state index is 12.8. The van der Waals surface area contributed by atoms with E-state index < -0.39 is 11.7 Å². The normalized spacial score (nSPS) is 11.3. The molecule has 112 valence electrons. The quantitative estimate of drug-likeness (QED) is 0.666. The predicted octanol–water partition coefficient (Wildman–Crippen LogP) is 5.14. The van der Waals surface area contributed by atoms with E-state index in [1.165, 1.54) is 7.05 Å². The molecule has 0 bridgehead atoms. The standard InChI is InChI=1S/C13H10ClF3IN3/c1-19-11-4-7(13(15,16)17)5-12(21-11)20-10-3-2-8(18)6-9(10)14/h2-6H,1H3,(H2,19,20,21). The van der Waals surface area contributed by atoms with Gasteiger partial charge >= 0.3 is 6.18 Å². The zero-order valence-electron chi connectivity index (χ0n) is 10.7. The van der Waals surface area contributed by atoms with Crippen LogP contribution < -0.4 is 10.6 Å². The van der Waals surface area contributed by atoms with Gasteiger partial charge in [-0.3, -0.25) is 0 Å². The Morgan fingerprint density at radius 1 is 1.14 bits per heavy atom. The number of nitrogens with one attached hydrogen (secondary N) is 2. The third kappa shape index (κ3) is 4.13. The molecule has 0 amide bonds. The number of nitrogens with zero attached hydrogens (tertiary/aromatic N) is 1. The Morgan fingerprint density at radius 3 is 2.38 bits per heavy atom. The highest BCUT2D eigenvalue weighted by Gasteiger charge is 2.31.